The Morgan fingerprint density at radius 3 is 2.95 bits per heavy atom. The van der Waals surface area contributed by atoms with Crippen LogP contribution in [0.2, 0.25) is 0 Å². The van der Waals surface area contributed by atoms with Crippen molar-refractivity contribution in [1.82, 2.24) is 5.32 Å². The summed E-state index contributed by atoms with van der Waals surface area (Å²) in [5.74, 6) is 0.331. The van der Waals surface area contributed by atoms with Crippen molar-refractivity contribution in [3.8, 4) is 5.75 Å². The summed E-state index contributed by atoms with van der Waals surface area (Å²) in [7, 11) is 1.57. The van der Waals surface area contributed by atoms with E-state index in [1.165, 1.54) is 0 Å². The first-order chi connectivity index (χ1) is 9.17. The highest BCUT2D eigenvalue weighted by atomic mass is 16.5. The Morgan fingerprint density at radius 2 is 2.26 bits per heavy atom. The van der Waals surface area contributed by atoms with Crippen molar-refractivity contribution in [2.45, 2.75) is 6.92 Å². The maximum atomic E-state index is 11.4. The van der Waals surface area contributed by atoms with Crippen molar-refractivity contribution in [1.29, 1.82) is 0 Å². The molecule has 0 saturated heterocycles. The molecule has 0 aliphatic rings. The Hall–Kier alpha value is -2.08. The number of nitrogens with zero attached hydrogens (tertiary/aromatic N) is 1. The molecule has 1 aromatic carbocycles. The Labute approximate surface area is 112 Å². The highest BCUT2D eigenvalue weighted by molar-refractivity contribution is 5.98. The average molecular weight is 266 g/mol. The zero-order valence-corrected chi connectivity index (χ0v) is 11.0. The molecule has 2 N–H and O–H groups in total. The summed E-state index contributed by atoms with van der Waals surface area (Å²) >= 11 is 0. The quantitative estimate of drug-likeness (QED) is 0.334. The Bertz CT molecular complexity index is 446. The molecule has 0 atom stereocenters. The molecule has 6 heteroatoms. The van der Waals surface area contributed by atoms with Gasteiger partial charge in [-0.25, -0.2) is 0 Å². The Morgan fingerprint density at radius 1 is 1.47 bits per heavy atom. The van der Waals surface area contributed by atoms with Gasteiger partial charge in [0.2, 0.25) is 0 Å². The third-order valence-corrected chi connectivity index (χ3v) is 2.40. The molecular weight excluding hydrogens is 248 g/mol. The lowest BCUT2D eigenvalue weighted by Crippen LogP contribution is -2.31. The molecule has 6 nitrogen and oxygen atoms in total. The molecule has 19 heavy (non-hydrogen) atoms. The van der Waals surface area contributed by atoms with Crippen molar-refractivity contribution in [2.24, 2.45) is 5.16 Å². The van der Waals surface area contributed by atoms with E-state index in [4.69, 9.17) is 14.7 Å². The van der Waals surface area contributed by atoms with Gasteiger partial charge in [-0.05, 0) is 19.1 Å². The van der Waals surface area contributed by atoms with Gasteiger partial charge in [-0.2, -0.15) is 0 Å². The molecule has 0 aromatic heterocycles. The standard InChI is InChI=1S/C13H18N2O4/c1-10(15-17)11-4-3-5-12(8-11)19-9-13(16)14-6-7-18-2/h3-5,8,17H,6-7,9H2,1-2H3,(H,14,16)/b15-10+. The van der Waals surface area contributed by atoms with Crippen LogP contribution >= 0.6 is 0 Å². The van der Waals surface area contributed by atoms with Crippen LogP contribution in [-0.2, 0) is 9.53 Å². The van der Waals surface area contributed by atoms with E-state index >= 15 is 0 Å². The monoisotopic (exact) mass is 266 g/mol. The van der Waals surface area contributed by atoms with E-state index in [0.717, 1.165) is 5.56 Å². The number of oxime groups is 1. The molecule has 104 valence electrons. The van der Waals surface area contributed by atoms with E-state index < -0.39 is 0 Å². The fourth-order valence-corrected chi connectivity index (χ4v) is 1.36. The normalized spacial score (nSPS) is 11.2. The van der Waals surface area contributed by atoms with E-state index in [1.54, 1.807) is 38.3 Å². The van der Waals surface area contributed by atoms with Gasteiger partial charge in [0.1, 0.15) is 5.75 Å². The van der Waals surface area contributed by atoms with Gasteiger partial charge in [-0.15, -0.1) is 0 Å². The fourth-order valence-electron chi connectivity index (χ4n) is 1.36. The molecule has 0 aliphatic heterocycles. The van der Waals surface area contributed by atoms with Crippen LogP contribution in [0.1, 0.15) is 12.5 Å². The number of nitrogens with one attached hydrogen (secondary N) is 1. The van der Waals surface area contributed by atoms with Crippen molar-refractivity contribution in [3.63, 3.8) is 0 Å². The minimum absolute atomic E-state index is 0.0670. The molecule has 0 aliphatic carbocycles. The highest BCUT2D eigenvalue weighted by Gasteiger charge is 2.04. The molecule has 0 bridgehead atoms. The summed E-state index contributed by atoms with van der Waals surface area (Å²) in [5, 5.41) is 14.5. The third kappa shape index (κ3) is 5.39. The van der Waals surface area contributed by atoms with Crippen LogP contribution in [0, 0.1) is 0 Å². The first-order valence-electron chi connectivity index (χ1n) is 5.85. The van der Waals surface area contributed by atoms with Crippen molar-refractivity contribution in [3.05, 3.63) is 29.8 Å². The van der Waals surface area contributed by atoms with Gasteiger partial charge in [0.15, 0.2) is 6.61 Å². The second-order valence-electron chi connectivity index (χ2n) is 3.84. The van der Waals surface area contributed by atoms with Gasteiger partial charge in [0.05, 0.1) is 12.3 Å². The zero-order valence-electron chi connectivity index (χ0n) is 11.0. The van der Waals surface area contributed by atoms with E-state index in [2.05, 4.69) is 10.5 Å². The average Bonchev–Trinajstić information content (AvgIpc) is 2.45. The number of carbonyl (C=O) groups is 1. The Kier molecular flexibility index (Phi) is 6.38. The molecule has 0 radical (unpaired) electrons. The first kappa shape index (κ1) is 15.0. The van der Waals surface area contributed by atoms with Gasteiger partial charge in [0.25, 0.3) is 5.91 Å². The van der Waals surface area contributed by atoms with E-state index in [1.807, 2.05) is 0 Å². The summed E-state index contributed by atoms with van der Waals surface area (Å²) < 4.78 is 10.2. The second-order valence-corrected chi connectivity index (χ2v) is 3.84. The van der Waals surface area contributed by atoms with E-state index in [0.29, 0.717) is 24.6 Å². The molecule has 0 heterocycles. The summed E-state index contributed by atoms with van der Waals surface area (Å²) in [5.41, 5.74) is 1.22. The second kappa shape index (κ2) is 8.10. The SMILES string of the molecule is COCCNC(=O)COc1cccc(/C(C)=N/O)c1. The largest absolute Gasteiger partial charge is 0.484 e. The number of hydrogen-bond donors (Lipinski definition) is 2. The van der Waals surface area contributed by atoms with Gasteiger partial charge in [-0.1, -0.05) is 17.3 Å². The van der Waals surface area contributed by atoms with Gasteiger partial charge >= 0.3 is 0 Å². The maximum absolute atomic E-state index is 11.4. The Balaban J connectivity index is 2.47. The molecule has 1 rings (SSSR count). The highest BCUT2D eigenvalue weighted by Crippen LogP contribution is 2.13. The smallest absolute Gasteiger partial charge is 0.258 e. The fraction of sp³-hybridized carbons (Fsp3) is 0.385. The van der Waals surface area contributed by atoms with E-state index in [-0.39, 0.29) is 12.5 Å². The lowest BCUT2D eigenvalue weighted by molar-refractivity contribution is -0.123. The molecule has 0 unspecified atom stereocenters. The summed E-state index contributed by atoms with van der Waals surface area (Å²) in [6, 6.07) is 7.00. The van der Waals surface area contributed by atoms with Crippen LogP contribution < -0.4 is 10.1 Å². The predicted molar refractivity (Wildman–Crippen MR) is 70.8 cm³/mol. The van der Waals surface area contributed by atoms with Crippen LogP contribution in [-0.4, -0.2) is 43.7 Å². The number of amides is 1. The van der Waals surface area contributed by atoms with Crippen molar-refractivity contribution >= 4 is 11.6 Å². The van der Waals surface area contributed by atoms with Crippen LogP contribution in [0.15, 0.2) is 29.4 Å². The third-order valence-electron chi connectivity index (χ3n) is 2.40. The van der Waals surface area contributed by atoms with Crippen LogP contribution in [0.25, 0.3) is 0 Å². The minimum Gasteiger partial charge on any atom is -0.484 e. The summed E-state index contributed by atoms with van der Waals surface area (Å²) in [6.07, 6.45) is 0. The van der Waals surface area contributed by atoms with Gasteiger partial charge in [0, 0.05) is 19.2 Å². The van der Waals surface area contributed by atoms with Gasteiger partial charge < -0.3 is 20.0 Å². The molecule has 1 aromatic rings. The summed E-state index contributed by atoms with van der Waals surface area (Å²) in [4.78, 5) is 11.4. The number of rotatable bonds is 7. The van der Waals surface area contributed by atoms with Crippen LogP contribution in [0.4, 0.5) is 0 Å². The lowest BCUT2D eigenvalue weighted by atomic mass is 10.1. The van der Waals surface area contributed by atoms with Crippen molar-refractivity contribution < 1.29 is 19.5 Å². The van der Waals surface area contributed by atoms with Crippen LogP contribution in [0.5, 0.6) is 5.75 Å². The number of hydrogen-bond acceptors (Lipinski definition) is 5. The molecular formula is C13H18N2O4. The number of ether oxygens (including phenoxy) is 2. The zero-order chi connectivity index (χ0) is 14.1. The molecule has 1 amide bonds. The first-order valence-corrected chi connectivity index (χ1v) is 5.85. The maximum Gasteiger partial charge on any atom is 0.258 e. The number of methoxy groups -OCH3 is 1. The minimum atomic E-state index is -0.213. The number of benzene rings is 1. The molecule has 0 spiro atoms. The van der Waals surface area contributed by atoms with Crippen LogP contribution in [0.3, 0.4) is 0 Å². The van der Waals surface area contributed by atoms with Gasteiger partial charge in [-0.3, -0.25) is 4.79 Å². The molecule has 0 saturated carbocycles. The number of carbonyl (C=O) groups excluding carboxylic acids is 1. The topological polar surface area (TPSA) is 80.2 Å². The molecule has 0 fully saturated rings. The summed E-state index contributed by atoms with van der Waals surface area (Å²) in [6.45, 7) is 2.53. The predicted octanol–water partition coefficient (Wildman–Crippen LogP) is 1.03. The lowest BCUT2D eigenvalue weighted by Gasteiger charge is -2.08. The van der Waals surface area contributed by atoms with E-state index in [9.17, 15) is 4.79 Å². The van der Waals surface area contributed by atoms with Crippen molar-refractivity contribution in [2.75, 3.05) is 26.9 Å².